The van der Waals surface area contributed by atoms with Gasteiger partial charge in [0.2, 0.25) is 0 Å². The summed E-state index contributed by atoms with van der Waals surface area (Å²) < 4.78 is 0. The predicted molar refractivity (Wildman–Crippen MR) is 224 cm³/mol. The van der Waals surface area contributed by atoms with Gasteiger partial charge in [0, 0.05) is 55.1 Å². The molecule has 0 atom stereocenters. The van der Waals surface area contributed by atoms with Gasteiger partial charge >= 0.3 is 0 Å². The van der Waals surface area contributed by atoms with E-state index < -0.39 is 0 Å². The Hall–Kier alpha value is -4.53. The summed E-state index contributed by atoms with van der Waals surface area (Å²) in [5.74, 6) is 1.54. The van der Waals surface area contributed by atoms with Gasteiger partial charge in [-0.15, -0.1) is 0 Å². The van der Waals surface area contributed by atoms with Gasteiger partial charge < -0.3 is 19.2 Å². The molecular weight excluding hydrogens is 684 g/mol. The highest BCUT2D eigenvalue weighted by molar-refractivity contribution is 5.93. The molecule has 0 aromatic heterocycles. The number of rotatable bonds is 10. The number of Topliss-reactive ketones (excluding diaryl/α,β-unsaturated/α-hetero) is 6. The third kappa shape index (κ3) is 77.1. The van der Waals surface area contributed by atoms with Crippen LogP contribution in [0.15, 0.2) is 60.7 Å². The zero-order chi connectivity index (χ0) is 44.0. The number of hydrogen-bond donors (Lipinski definition) is 0. The van der Waals surface area contributed by atoms with E-state index in [2.05, 4.69) is 0 Å². The third-order valence-electron chi connectivity index (χ3n) is 5.68. The first-order valence-corrected chi connectivity index (χ1v) is 18.5. The van der Waals surface area contributed by atoms with Crippen molar-refractivity contribution in [2.45, 2.75) is 155 Å². The molecule has 2 aromatic rings. The fourth-order valence-corrected chi connectivity index (χ4v) is 2.14. The molecule has 9 heteroatoms. The number of aldehydes is 3. The van der Waals surface area contributed by atoms with Gasteiger partial charge in [-0.1, -0.05) is 123 Å². The van der Waals surface area contributed by atoms with Crippen LogP contribution in [0.3, 0.4) is 0 Å². The number of hydrogen-bond acceptors (Lipinski definition) is 9. The molecular formula is C45H74O9. The van der Waals surface area contributed by atoms with Gasteiger partial charge in [0.05, 0.1) is 0 Å². The highest BCUT2D eigenvalue weighted by Gasteiger charge is 2.14. The molecule has 2 rings (SSSR count). The maximum absolute atomic E-state index is 10.6. The average Bonchev–Trinajstić information content (AvgIpc) is 3.13. The first-order valence-electron chi connectivity index (χ1n) is 18.5. The fourth-order valence-electron chi connectivity index (χ4n) is 2.14. The summed E-state index contributed by atoms with van der Waals surface area (Å²) >= 11 is 0. The van der Waals surface area contributed by atoms with E-state index in [1.54, 1.807) is 32.9 Å². The lowest BCUT2D eigenvalue weighted by molar-refractivity contribution is -0.124. The van der Waals surface area contributed by atoms with Gasteiger partial charge in [-0.05, 0) is 54.4 Å². The first kappa shape index (κ1) is 64.4. The molecule has 0 aliphatic rings. The summed E-state index contributed by atoms with van der Waals surface area (Å²) in [6.07, 6.45) is 8.69. The van der Waals surface area contributed by atoms with E-state index in [9.17, 15) is 38.4 Å². The zero-order valence-electron chi connectivity index (χ0n) is 36.3. The van der Waals surface area contributed by atoms with Crippen LogP contribution in [-0.4, -0.2) is 53.6 Å². The molecule has 0 unspecified atom stereocenters. The first-order chi connectivity index (χ1) is 25.1. The summed E-state index contributed by atoms with van der Waals surface area (Å²) in [5, 5.41) is 0. The highest BCUT2D eigenvalue weighted by atomic mass is 16.1. The molecule has 0 amide bonds. The molecule has 0 saturated heterocycles. The second kappa shape index (κ2) is 50.6. The van der Waals surface area contributed by atoms with Gasteiger partial charge in [-0.3, -0.25) is 24.0 Å². The SMILES string of the molecule is CC(=O)C(C)(C)C.CC(=O)c1ccccc1.CC(C)=O.CC=O.CCC(=O)CC.CCC(C)=O.CCC=O.CCCC(=O)CCC.O=Cc1ccccc1. The molecule has 0 heterocycles. The van der Waals surface area contributed by atoms with Gasteiger partial charge in [0.1, 0.15) is 47.8 Å². The Morgan fingerprint density at radius 3 is 1.00 bits per heavy atom. The summed E-state index contributed by atoms with van der Waals surface area (Å²) in [7, 11) is 0. The molecule has 308 valence electrons. The predicted octanol–water partition coefficient (Wildman–Crippen LogP) is 10.9. The van der Waals surface area contributed by atoms with E-state index >= 15 is 0 Å². The Labute approximate surface area is 328 Å². The van der Waals surface area contributed by atoms with Crippen molar-refractivity contribution in [3.8, 4) is 0 Å². The molecule has 0 saturated carbocycles. The second-order valence-corrected chi connectivity index (χ2v) is 12.3. The van der Waals surface area contributed by atoms with Crippen molar-refractivity contribution >= 4 is 53.6 Å². The van der Waals surface area contributed by atoms with Crippen molar-refractivity contribution in [2.75, 3.05) is 0 Å². The van der Waals surface area contributed by atoms with E-state index in [-0.39, 0.29) is 28.5 Å². The summed E-state index contributed by atoms with van der Waals surface area (Å²) in [5.41, 5.74) is 1.37. The van der Waals surface area contributed by atoms with Crippen LogP contribution in [0.2, 0.25) is 0 Å². The maximum Gasteiger partial charge on any atom is 0.159 e. The van der Waals surface area contributed by atoms with Crippen molar-refractivity contribution in [1.29, 1.82) is 0 Å². The minimum Gasteiger partial charge on any atom is -0.304 e. The lowest BCUT2D eigenvalue weighted by Gasteiger charge is -2.11. The summed E-state index contributed by atoms with van der Waals surface area (Å²) in [4.78, 5) is 89.2. The van der Waals surface area contributed by atoms with Crippen molar-refractivity contribution in [2.24, 2.45) is 5.41 Å². The highest BCUT2D eigenvalue weighted by Crippen LogP contribution is 2.12. The number of ketones is 6. The van der Waals surface area contributed by atoms with Crippen molar-refractivity contribution in [3.05, 3.63) is 71.8 Å². The van der Waals surface area contributed by atoms with E-state index in [1.807, 2.05) is 111 Å². The van der Waals surface area contributed by atoms with E-state index in [1.165, 1.54) is 20.8 Å². The fraction of sp³-hybridized carbons (Fsp3) is 0.533. The number of carbonyl (C=O) groups excluding carboxylic acids is 9. The van der Waals surface area contributed by atoms with Crippen molar-refractivity contribution in [1.82, 2.24) is 0 Å². The lowest BCUT2D eigenvalue weighted by atomic mass is 9.92. The summed E-state index contributed by atoms with van der Waals surface area (Å²) in [6, 6.07) is 18.3. The van der Waals surface area contributed by atoms with E-state index in [0.29, 0.717) is 37.2 Å². The molecule has 0 N–H and O–H groups in total. The Morgan fingerprint density at radius 2 is 0.870 bits per heavy atom. The molecule has 0 aliphatic carbocycles. The molecule has 0 bridgehead atoms. The monoisotopic (exact) mass is 759 g/mol. The van der Waals surface area contributed by atoms with Crippen LogP contribution in [-0.2, 0) is 33.6 Å². The largest absolute Gasteiger partial charge is 0.304 e. The van der Waals surface area contributed by atoms with Crippen LogP contribution in [0.25, 0.3) is 0 Å². The van der Waals surface area contributed by atoms with Crippen LogP contribution in [0.1, 0.15) is 176 Å². The van der Waals surface area contributed by atoms with E-state index in [4.69, 9.17) is 4.79 Å². The third-order valence-corrected chi connectivity index (χ3v) is 5.68. The topological polar surface area (TPSA) is 154 Å². The standard InChI is InChI=1S/C8H8O.C7H6O.C7H14O.C6H12O.C5H10O.C4H8O.2C3H6O.C2H4O/c1-7(9)8-5-3-2-4-6-8;8-6-7-4-2-1-3-5-7;1-3-5-7(8)6-4-2;1-5(7)6(2,3)4;1-3-5(6)4-2;1-3-4(2)5;1-3(2)4;1-2-3-4;1-2-3/h2-6H,1H3;1-6H;3-6H2,1-2H3;1-4H3;3-4H2,1-2H3;3H2,1-2H3;1-2H3;3H,2H2,1H3;2H,1H3. The van der Waals surface area contributed by atoms with Crippen LogP contribution in [0, 0.1) is 5.41 Å². The van der Waals surface area contributed by atoms with Gasteiger partial charge in [0.25, 0.3) is 0 Å². The van der Waals surface area contributed by atoms with Crippen molar-refractivity contribution < 1.29 is 43.2 Å². The smallest absolute Gasteiger partial charge is 0.159 e. The summed E-state index contributed by atoms with van der Waals surface area (Å²) in [6.45, 7) is 26.5. The average molecular weight is 759 g/mol. The van der Waals surface area contributed by atoms with Gasteiger partial charge in [0.15, 0.2) is 5.78 Å². The Morgan fingerprint density at radius 1 is 0.574 bits per heavy atom. The molecule has 2 aromatic carbocycles. The number of carbonyl (C=O) groups is 9. The lowest BCUT2D eigenvalue weighted by Crippen LogP contribution is -2.15. The molecule has 0 spiro atoms. The van der Waals surface area contributed by atoms with Crippen LogP contribution in [0.4, 0.5) is 0 Å². The van der Waals surface area contributed by atoms with Gasteiger partial charge in [-0.25, -0.2) is 0 Å². The molecule has 0 radical (unpaired) electrons. The molecule has 54 heavy (non-hydrogen) atoms. The minimum atomic E-state index is -0.139. The molecule has 9 nitrogen and oxygen atoms in total. The van der Waals surface area contributed by atoms with E-state index in [0.717, 1.165) is 55.7 Å². The molecule has 0 aliphatic heterocycles. The normalized spacial score (nSPS) is 8.43. The Kier molecular flexibility index (Phi) is 60.4. The zero-order valence-corrected chi connectivity index (χ0v) is 36.3. The van der Waals surface area contributed by atoms with Crippen LogP contribution >= 0.6 is 0 Å². The Bertz CT molecular complexity index is 1190. The van der Waals surface area contributed by atoms with Gasteiger partial charge in [-0.2, -0.15) is 0 Å². The second-order valence-electron chi connectivity index (χ2n) is 12.3. The van der Waals surface area contributed by atoms with Crippen LogP contribution < -0.4 is 0 Å². The number of benzene rings is 2. The van der Waals surface area contributed by atoms with Crippen molar-refractivity contribution in [3.63, 3.8) is 0 Å². The minimum absolute atomic E-state index is 0.121. The Balaban J connectivity index is -0.0000000939. The maximum atomic E-state index is 10.6. The molecule has 0 fully saturated rings. The quantitative estimate of drug-likeness (QED) is 0.170. The van der Waals surface area contributed by atoms with Crippen LogP contribution in [0.5, 0.6) is 0 Å².